The number of anilines is 2. The van der Waals surface area contributed by atoms with Gasteiger partial charge in [0.25, 0.3) is 0 Å². The average Bonchev–Trinajstić information content (AvgIpc) is 3.10. The molecule has 0 bridgehead atoms. The molecule has 8 nitrogen and oxygen atoms in total. The fourth-order valence-corrected chi connectivity index (χ4v) is 3.84. The summed E-state index contributed by atoms with van der Waals surface area (Å²) in [7, 11) is 1.76. The number of aromatic amines is 1. The van der Waals surface area contributed by atoms with E-state index < -0.39 is 0 Å². The molecule has 0 spiro atoms. The molecule has 0 amide bonds. The summed E-state index contributed by atoms with van der Waals surface area (Å²) in [5, 5.41) is 20.7. The Labute approximate surface area is 168 Å². The molecular weight excluding hydrogens is 378 g/mol. The molecule has 1 saturated heterocycles. The maximum absolute atomic E-state index is 9.94. The molecule has 0 saturated carbocycles. The molecule has 3 N–H and O–H groups in total. The number of rotatable bonds is 4. The van der Waals surface area contributed by atoms with E-state index in [0.717, 1.165) is 31.5 Å². The number of pyridine rings is 1. The third-order valence-electron chi connectivity index (χ3n) is 5.40. The molecular formula is C19H24ClN7O. The van der Waals surface area contributed by atoms with Crippen LogP contribution in [0.1, 0.15) is 32.4 Å². The number of fused-ring (bicyclic) bond motifs is 1. The first-order valence-electron chi connectivity index (χ1n) is 9.37. The van der Waals surface area contributed by atoms with Crippen molar-refractivity contribution in [2.24, 2.45) is 5.41 Å². The second kappa shape index (κ2) is 7.18. The number of hydrogen-bond donors (Lipinski definition) is 3. The van der Waals surface area contributed by atoms with E-state index in [1.807, 2.05) is 0 Å². The number of nitrogens with one attached hydrogen (secondary N) is 2. The summed E-state index contributed by atoms with van der Waals surface area (Å²) in [5.74, 6) is 1.28. The third kappa shape index (κ3) is 3.27. The Bertz CT molecular complexity index is 1010. The highest BCUT2D eigenvalue weighted by Gasteiger charge is 2.28. The largest absolute Gasteiger partial charge is 0.390 e. The van der Waals surface area contributed by atoms with Gasteiger partial charge in [0.1, 0.15) is 17.0 Å². The monoisotopic (exact) mass is 401 g/mol. The van der Waals surface area contributed by atoms with Crippen molar-refractivity contribution in [3.8, 4) is 11.3 Å². The van der Waals surface area contributed by atoms with Crippen molar-refractivity contribution in [3.63, 3.8) is 0 Å². The highest BCUT2D eigenvalue weighted by Crippen LogP contribution is 2.36. The van der Waals surface area contributed by atoms with E-state index in [9.17, 15) is 5.11 Å². The number of aromatic nitrogens is 5. The first kappa shape index (κ1) is 18.9. The Morgan fingerprint density at radius 1 is 1.29 bits per heavy atom. The summed E-state index contributed by atoms with van der Waals surface area (Å²) in [6, 6.07) is 1.80. The zero-order chi connectivity index (χ0) is 19.9. The number of halogens is 1. The second-order valence-corrected chi connectivity index (χ2v) is 8.22. The van der Waals surface area contributed by atoms with Crippen molar-refractivity contribution < 1.29 is 5.11 Å². The fourth-order valence-electron chi connectivity index (χ4n) is 3.54. The Balaban J connectivity index is 1.78. The van der Waals surface area contributed by atoms with E-state index >= 15 is 0 Å². The van der Waals surface area contributed by atoms with Crippen LogP contribution in [0.3, 0.4) is 0 Å². The van der Waals surface area contributed by atoms with E-state index in [1.54, 1.807) is 19.3 Å². The van der Waals surface area contributed by atoms with Crippen molar-refractivity contribution in [2.75, 3.05) is 30.4 Å². The molecule has 0 unspecified atom stereocenters. The van der Waals surface area contributed by atoms with Crippen LogP contribution in [0.4, 0.5) is 11.6 Å². The van der Waals surface area contributed by atoms with Crippen molar-refractivity contribution >= 4 is 34.4 Å². The first-order chi connectivity index (χ1) is 13.4. The lowest BCUT2D eigenvalue weighted by atomic mass is 9.82. The highest BCUT2D eigenvalue weighted by molar-refractivity contribution is 6.35. The Morgan fingerprint density at radius 3 is 2.71 bits per heavy atom. The number of piperidine rings is 1. The van der Waals surface area contributed by atoms with Gasteiger partial charge in [0.2, 0.25) is 5.65 Å². The van der Waals surface area contributed by atoms with Crippen LogP contribution < -0.4 is 10.2 Å². The summed E-state index contributed by atoms with van der Waals surface area (Å²) < 4.78 is 0. The molecule has 3 aromatic heterocycles. The molecule has 3 aromatic rings. The summed E-state index contributed by atoms with van der Waals surface area (Å²) in [6.45, 7) is 6.15. The van der Waals surface area contributed by atoms with Crippen molar-refractivity contribution in [1.29, 1.82) is 0 Å². The predicted octanol–water partition coefficient (Wildman–Crippen LogP) is 3.23. The fraction of sp³-hybridized carbons (Fsp3) is 0.474. The van der Waals surface area contributed by atoms with Crippen LogP contribution in [0.2, 0.25) is 5.02 Å². The first-order valence-corrected chi connectivity index (χ1v) is 9.75. The van der Waals surface area contributed by atoms with Gasteiger partial charge in [-0.25, -0.2) is 15.0 Å². The lowest BCUT2D eigenvalue weighted by Gasteiger charge is -2.37. The van der Waals surface area contributed by atoms with Crippen LogP contribution in [0.25, 0.3) is 22.4 Å². The Kier molecular flexibility index (Phi) is 4.84. The van der Waals surface area contributed by atoms with Crippen molar-refractivity contribution in [2.45, 2.75) is 33.3 Å². The summed E-state index contributed by atoms with van der Waals surface area (Å²) in [5.41, 5.74) is 3.36. The minimum Gasteiger partial charge on any atom is -0.390 e. The summed E-state index contributed by atoms with van der Waals surface area (Å²) >= 11 is 6.48. The van der Waals surface area contributed by atoms with Gasteiger partial charge in [0.15, 0.2) is 5.82 Å². The maximum Gasteiger partial charge on any atom is 0.202 e. The normalized spacial score (nSPS) is 16.5. The van der Waals surface area contributed by atoms with E-state index in [-0.39, 0.29) is 6.61 Å². The maximum atomic E-state index is 9.94. The highest BCUT2D eigenvalue weighted by atomic mass is 35.5. The molecule has 148 valence electrons. The smallest absolute Gasteiger partial charge is 0.202 e. The van der Waals surface area contributed by atoms with Gasteiger partial charge in [0, 0.05) is 31.9 Å². The van der Waals surface area contributed by atoms with Crippen LogP contribution >= 0.6 is 11.6 Å². The van der Waals surface area contributed by atoms with E-state index in [1.165, 1.54) is 0 Å². The average molecular weight is 402 g/mol. The van der Waals surface area contributed by atoms with E-state index in [2.05, 4.69) is 39.2 Å². The molecule has 0 radical (unpaired) electrons. The number of aliphatic hydroxyl groups excluding tert-OH is 1. The van der Waals surface area contributed by atoms with Gasteiger partial charge in [-0.1, -0.05) is 25.4 Å². The molecule has 28 heavy (non-hydrogen) atoms. The molecule has 1 aliphatic heterocycles. The van der Waals surface area contributed by atoms with Crippen LogP contribution in [0, 0.1) is 5.41 Å². The van der Waals surface area contributed by atoms with Crippen LogP contribution in [-0.2, 0) is 6.61 Å². The van der Waals surface area contributed by atoms with Crippen LogP contribution in [0.15, 0.2) is 12.3 Å². The van der Waals surface area contributed by atoms with Crippen molar-refractivity contribution in [1.82, 2.24) is 25.1 Å². The Hall–Kier alpha value is -2.45. The number of aliphatic hydroxyl groups is 1. The van der Waals surface area contributed by atoms with Crippen LogP contribution in [0.5, 0.6) is 0 Å². The molecule has 4 rings (SSSR count). The molecule has 0 aromatic carbocycles. The van der Waals surface area contributed by atoms with Gasteiger partial charge < -0.3 is 15.3 Å². The third-order valence-corrected chi connectivity index (χ3v) is 5.78. The lowest BCUT2D eigenvalue weighted by molar-refractivity contribution is 0.269. The molecule has 0 atom stereocenters. The number of nitrogens with zero attached hydrogens (tertiary/aromatic N) is 5. The SMILES string of the molecule is CNc1nccc(-c2[nH]nc3nc(N4CCC(C)(C)CC4)c(CO)nc23)c1Cl. The topological polar surface area (TPSA) is 103 Å². The predicted molar refractivity (Wildman–Crippen MR) is 111 cm³/mol. The van der Waals surface area contributed by atoms with Crippen LogP contribution in [-0.4, -0.2) is 50.4 Å². The zero-order valence-electron chi connectivity index (χ0n) is 16.3. The van der Waals surface area contributed by atoms with Gasteiger partial charge in [-0.15, -0.1) is 0 Å². The van der Waals surface area contributed by atoms with Gasteiger partial charge >= 0.3 is 0 Å². The molecule has 9 heteroatoms. The molecule has 1 fully saturated rings. The standard InChI is InChI=1S/C19H24ClN7O/c1-19(2)5-8-27(9-6-19)18-12(10-28)23-15-14(25-26-17(15)24-18)11-4-7-22-16(21-3)13(11)20/h4,7,28H,5-6,8-10H2,1-3H3,(H,21,22)(H,24,25,26). The quantitative estimate of drug-likeness (QED) is 0.616. The Morgan fingerprint density at radius 2 is 2.04 bits per heavy atom. The lowest BCUT2D eigenvalue weighted by Crippen LogP contribution is -2.38. The summed E-state index contributed by atoms with van der Waals surface area (Å²) in [4.78, 5) is 15.8. The summed E-state index contributed by atoms with van der Waals surface area (Å²) in [6.07, 6.45) is 3.82. The minimum atomic E-state index is -0.186. The van der Waals surface area contributed by atoms with E-state index in [4.69, 9.17) is 21.6 Å². The van der Waals surface area contributed by atoms with Gasteiger partial charge in [-0.3, -0.25) is 5.10 Å². The van der Waals surface area contributed by atoms with Crippen molar-refractivity contribution in [3.05, 3.63) is 23.0 Å². The van der Waals surface area contributed by atoms with E-state index in [0.29, 0.717) is 44.6 Å². The zero-order valence-corrected chi connectivity index (χ0v) is 17.0. The molecule has 4 heterocycles. The number of H-pyrrole nitrogens is 1. The number of hydrogen-bond acceptors (Lipinski definition) is 7. The molecule has 1 aliphatic rings. The van der Waals surface area contributed by atoms with Gasteiger partial charge in [-0.2, -0.15) is 5.10 Å². The van der Waals surface area contributed by atoms with Gasteiger partial charge in [-0.05, 0) is 24.3 Å². The second-order valence-electron chi connectivity index (χ2n) is 7.85. The minimum absolute atomic E-state index is 0.186. The molecule has 0 aliphatic carbocycles. The van der Waals surface area contributed by atoms with Gasteiger partial charge in [0.05, 0.1) is 17.3 Å².